The van der Waals surface area contributed by atoms with Crippen molar-refractivity contribution in [2.45, 2.75) is 18.9 Å². The number of fused-ring (bicyclic) bond motifs is 1. The maximum atomic E-state index is 13.6. The normalized spacial score (nSPS) is 15.5. The molecule has 1 saturated heterocycles. The molecule has 6 nitrogen and oxygen atoms in total. The van der Waals surface area contributed by atoms with Gasteiger partial charge in [0, 0.05) is 24.6 Å². The molecule has 0 unspecified atom stereocenters. The molecule has 8 heteroatoms. The summed E-state index contributed by atoms with van der Waals surface area (Å²) in [6, 6.07) is 3.56. The number of nitrogens with zero attached hydrogens (tertiary/aromatic N) is 1. The van der Waals surface area contributed by atoms with Gasteiger partial charge >= 0.3 is 0 Å². The third-order valence-corrected chi connectivity index (χ3v) is 4.43. The Hall–Kier alpha value is -2.87. The van der Waals surface area contributed by atoms with Crippen LogP contribution in [0.4, 0.5) is 20.4 Å². The smallest absolute Gasteiger partial charge is 0.258 e. The number of ether oxygens (including phenoxy) is 2. The number of hydrogen-bond acceptors (Lipinski definition) is 6. The van der Waals surface area contributed by atoms with Gasteiger partial charge in [-0.05, 0) is 17.7 Å². The van der Waals surface area contributed by atoms with E-state index in [-0.39, 0.29) is 29.1 Å². The highest BCUT2D eigenvalue weighted by molar-refractivity contribution is 6.06. The molecular weight excluding hydrogens is 344 g/mol. The Labute approximate surface area is 147 Å². The Bertz CT molecular complexity index is 968. The number of nitrogen functional groups attached to an aromatic ring is 2. The van der Waals surface area contributed by atoms with Crippen LogP contribution in [0.25, 0.3) is 22.1 Å². The Kier molecular flexibility index (Phi) is 4.12. The molecule has 0 amide bonds. The number of furan rings is 1. The van der Waals surface area contributed by atoms with E-state index in [1.165, 1.54) is 12.3 Å². The highest BCUT2D eigenvalue weighted by Crippen LogP contribution is 2.41. The zero-order chi connectivity index (χ0) is 18.3. The van der Waals surface area contributed by atoms with Gasteiger partial charge in [0.2, 0.25) is 11.5 Å². The lowest BCUT2D eigenvalue weighted by Gasteiger charge is -2.22. The van der Waals surface area contributed by atoms with E-state index >= 15 is 0 Å². The highest BCUT2D eigenvalue weighted by Gasteiger charge is 2.23. The van der Waals surface area contributed by atoms with E-state index in [1.54, 1.807) is 0 Å². The molecule has 0 bridgehead atoms. The average Bonchev–Trinajstić information content (AvgIpc) is 2.94. The Morgan fingerprint density at radius 2 is 1.88 bits per heavy atom. The maximum absolute atomic E-state index is 13.6. The summed E-state index contributed by atoms with van der Waals surface area (Å²) in [7, 11) is 0. The van der Waals surface area contributed by atoms with Gasteiger partial charge in [-0.3, -0.25) is 0 Å². The summed E-state index contributed by atoms with van der Waals surface area (Å²) >= 11 is 0. The van der Waals surface area contributed by atoms with Crippen molar-refractivity contribution >= 4 is 22.5 Å². The first-order valence-corrected chi connectivity index (χ1v) is 8.21. The monoisotopic (exact) mass is 361 g/mol. The standard InChI is InChI=1S/C18H17F2N3O3/c19-12-2-1-9(7-13(12)20)11-8-23-18(25-10-3-5-24-6-4-10)16-14(11)15(21)17(22)26-16/h1-2,7-8,10H,3-6,21-22H2. The molecule has 0 radical (unpaired) electrons. The molecule has 0 spiro atoms. The van der Waals surface area contributed by atoms with Gasteiger partial charge in [0.1, 0.15) is 11.8 Å². The minimum absolute atomic E-state index is 0.0219. The molecule has 136 valence electrons. The second-order valence-corrected chi connectivity index (χ2v) is 6.12. The molecule has 2 aromatic heterocycles. The van der Waals surface area contributed by atoms with Crippen LogP contribution in [0.3, 0.4) is 0 Å². The van der Waals surface area contributed by atoms with Gasteiger partial charge in [-0.15, -0.1) is 0 Å². The van der Waals surface area contributed by atoms with E-state index in [4.69, 9.17) is 25.4 Å². The first-order valence-electron chi connectivity index (χ1n) is 8.21. The molecule has 1 aliphatic heterocycles. The zero-order valence-corrected chi connectivity index (χ0v) is 13.8. The Morgan fingerprint density at radius 3 is 2.62 bits per heavy atom. The van der Waals surface area contributed by atoms with Crippen molar-refractivity contribution in [2.75, 3.05) is 24.7 Å². The molecule has 0 atom stereocenters. The van der Waals surface area contributed by atoms with Gasteiger partial charge in [-0.1, -0.05) is 6.07 Å². The van der Waals surface area contributed by atoms with Gasteiger partial charge in [-0.2, -0.15) is 0 Å². The predicted molar refractivity (Wildman–Crippen MR) is 92.7 cm³/mol. The van der Waals surface area contributed by atoms with Gasteiger partial charge in [0.15, 0.2) is 11.6 Å². The SMILES string of the molecule is Nc1oc2c(OC3CCOCC3)ncc(-c3ccc(F)c(F)c3)c2c1N. The van der Waals surface area contributed by atoms with Crippen molar-refractivity contribution in [1.82, 2.24) is 4.98 Å². The van der Waals surface area contributed by atoms with Crippen LogP contribution in [0.2, 0.25) is 0 Å². The number of pyridine rings is 1. The third kappa shape index (κ3) is 2.82. The number of rotatable bonds is 3. The van der Waals surface area contributed by atoms with Crippen LogP contribution in [0.15, 0.2) is 28.8 Å². The van der Waals surface area contributed by atoms with Crippen molar-refractivity contribution in [1.29, 1.82) is 0 Å². The molecule has 1 aliphatic rings. The van der Waals surface area contributed by atoms with Gasteiger partial charge < -0.3 is 25.4 Å². The van der Waals surface area contributed by atoms with Crippen LogP contribution >= 0.6 is 0 Å². The van der Waals surface area contributed by atoms with E-state index in [1.807, 2.05) is 0 Å². The first kappa shape index (κ1) is 16.6. The van der Waals surface area contributed by atoms with Gasteiger partial charge in [0.25, 0.3) is 5.88 Å². The second kappa shape index (κ2) is 6.45. The average molecular weight is 361 g/mol. The summed E-state index contributed by atoms with van der Waals surface area (Å²) in [5, 5.41) is 0.463. The summed E-state index contributed by atoms with van der Waals surface area (Å²) < 4.78 is 43.7. The molecule has 4 N–H and O–H groups in total. The molecule has 1 fully saturated rings. The summed E-state index contributed by atoms with van der Waals surface area (Å²) in [4.78, 5) is 4.30. The Balaban J connectivity index is 1.82. The molecule has 3 aromatic rings. The van der Waals surface area contributed by atoms with E-state index in [0.717, 1.165) is 25.0 Å². The van der Waals surface area contributed by atoms with Gasteiger partial charge in [-0.25, -0.2) is 13.8 Å². The molecule has 26 heavy (non-hydrogen) atoms. The molecule has 4 rings (SSSR count). The number of benzene rings is 1. The van der Waals surface area contributed by atoms with Crippen molar-refractivity contribution in [3.05, 3.63) is 36.0 Å². The zero-order valence-electron chi connectivity index (χ0n) is 13.8. The van der Waals surface area contributed by atoms with E-state index < -0.39 is 11.6 Å². The lowest BCUT2D eigenvalue weighted by molar-refractivity contribution is 0.0240. The summed E-state index contributed by atoms with van der Waals surface area (Å²) in [5.74, 6) is -1.61. The number of aromatic nitrogens is 1. The third-order valence-electron chi connectivity index (χ3n) is 4.43. The van der Waals surface area contributed by atoms with Crippen LogP contribution in [0, 0.1) is 11.6 Å². The Morgan fingerprint density at radius 1 is 1.12 bits per heavy atom. The molecule has 3 heterocycles. The number of nitrogens with two attached hydrogens (primary N) is 2. The molecular formula is C18H17F2N3O3. The van der Waals surface area contributed by atoms with Crippen molar-refractivity contribution in [2.24, 2.45) is 0 Å². The summed E-state index contributed by atoms with van der Waals surface area (Å²) in [6.07, 6.45) is 2.91. The van der Waals surface area contributed by atoms with Crippen LogP contribution < -0.4 is 16.2 Å². The van der Waals surface area contributed by atoms with Crippen LogP contribution in [0.5, 0.6) is 5.88 Å². The topological polar surface area (TPSA) is 96.5 Å². The fraction of sp³-hybridized carbons (Fsp3) is 0.278. The second-order valence-electron chi connectivity index (χ2n) is 6.12. The quantitative estimate of drug-likeness (QED) is 0.741. The van der Waals surface area contributed by atoms with Crippen LogP contribution in [0.1, 0.15) is 12.8 Å². The van der Waals surface area contributed by atoms with Crippen molar-refractivity contribution in [3.63, 3.8) is 0 Å². The van der Waals surface area contributed by atoms with E-state index in [0.29, 0.717) is 29.7 Å². The fourth-order valence-electron chi connectivity index (χ4n) is 3.04. The maximum Gasteiger partial charge on any atom is 0.258 e. The number of hydrogen-bond donors (Lipinski definition) is 2. The molecule has 1 aromatic carbocycles. The highest BCUT2D eigenvalue weighted by atomic mass is 19.2. The lowest BCUT2D eigenvalue weighted by Crippen LogP contribution is -2.26. The first-order chi connectivity index (χ1) is 12.5. The summed E-state index contributed by atoms with van der Waals surface area (Å²) in [5.41, 5.74) is 13.3. The predicted octanol–water partition coefficient (Wildman–Crippen LogP) is 3.50. The number of halogens is 2. The van der Waals surface area contributed by atoms with Crippen LogP contribution in [-0.4, -0.2) is 24.3 Å². The van der Waals surface area contributed by atoms with Crippen LogP contribution in [-0.2, 0) is 4.74 Å². The molecule has 0 aliphatic carbocycles. The number of anilines is 2. The largest absolute Gasteiger partial charge is 0.472 e. The van der Waals surface area contributed by atoms with Crippen molar-refractivity contribution in [3.8, 4) is 17.0 Å². The van der Waals surface area contributed by atoms with E-state index in [2.05, 4.69) is 4.98 Å². The minimum atomic E-state index is -0.965. The minimum Gasteiger partial charge on any atom is -0.472 e. The van der Waals surface area contributed by atoms with Crippen molar-refractivity contribution < 1.29 is 22.7 Å². The van der Waals surface area contributed by atoms with E-state index in [9.17, 15) is 8.78 Å². The summed E-state index contributed by atoms with van der Waals surface area (Å²) in [6.45, 7) is 1.23. The molecule has 0 saturated carbocycles. The van der Waals surface area contributed by atoms with Gasteiger partial charge in [0.05, 0.1) is 18.6 Å². The fourth-order valence-corrected chi connectivity index (χ4v) is 3.04. The lowest BCUT2D eigenvalue weighted by atomic mass is 10.0.